The van der Waals surface area contributed by atoms with Gasteiger partial charge in [-0.3, -0.25) is 0 Å². The summed E-state index contributed by atoms with van der Waals surface area (Å²) in [5.41, 5.74) is 2.38. The van der Waals surface area contributed by atoms with Crippen molar-refractivity contribution in [2.24, 2.45) is 0 Å². The molecule has 3 heteroatoms. The van der Waals surface area contributed by atoms with Crippen LogP contribution in [-0.2, 0) is 0 Å². The molecule has 1 N–H and O–H groups in total. The highest BCUT2D eigenvalue weighted by Crippen LogP contribution is 2.19. The first-order valence-corrected chi connectivity index (χ1v) is 5.62. The van der Waals surface area contributed by atoms with Crippen LogP contribution < -0.4 is 5.32 Å². The molecule has 1 aromatic rings. The Morgan fingerprint density at radius 1 is 1.33 bits per heavy atom. The molecule has 0 atom stereocenters. The van der Waals surface area contributed by atoms with E-state index >= 15 is 0 Å². The van der Waals surface area contributed by atoms with Crippen LogP contribution in [-0.4, -0.2) is 32.1 Å². The van der Waals surface area contributed by atoms with Crippen molar-refractivity contribution < 1.29 is 0 Å². The van der Waals surface area contributed by atoms with Gasteiger partial charge in [-0.25, -0.2) is 0 Å². The predicted molar refractivity (Wildman–Crippen MR) is 67.8 cm³/mol. The average Bonchev–Trinajstić information content (AvgIpc) is 2.14. The minimum absolute atomic E-state index is 0.798. The van der Waals surface area contributed by atoms with Crippen LogP contribution in [0.5, 0.6) is 0 Å². The Balaban J connectivity index is 2.37. The molecule has 15 heavy (non-hydrogen) atoms. The van der Waals surface area contributed by atoms with Gasteiger partial charge in [0.1, 0.15) is 0 Å². The summed E-state index contributed by atoms with van der Waals surface area (Å²) in [5.74, 6) is 0. The highest BCUT2D eigenvalue weighted by Gasteiger charge is 1.98. The van der Waals surface area contributed by atoms with E-state index in [1.54, 1.807) is 0 Å². The first-order valence-electron chi connectivity index (χ1n) is 5.24. The second kappa shape index (κ2) is 5.99. The Bertz CT molecular complexity index is 310. The SMILES string of the molecule is Cc1cc(Cl)ccc1NCCCN(C)C. The topological polar surface area (TPSA) is 15.3 Å². The van der Waals surface area contributed by atoms with Crippen molar-refractivity contribution in [3.05, 3.63) is 28.8 Å². The van der Waals surface area contributed by atoms with Crippen LogP contribution in [0.3, 0.4) is 0 Å². The summed E-state index contributed by atoms with van der Waals surface area (Å²) in [6.45, 7) is 4.18. The van der Waals surface area contributed by atoms with Crippen LogP contribution >= 0.6 is 11.6 Å². The van der Waals surface area contributed by atoms with Gasteiger partial charge in [-0.1, -0.05) is 11.6 Å². The lowest BCUT2D eigenvalue weighted by molar-refractivity contribution is 0.405. The largest absolute Gasteiger partial charge is 0.385 e. The first kappa shape index (κ1) is 12.3. The second-order valence-electron chi connectivity index (χ2n) is 4.04. The molecule has 84 valence electrons. The number of rotatable bonds is 5. The molecule has 0 unspecified atom stereocenters. The van der Waals surface area contributed by atoms with Gasteiger partial charge < -0.3 is 10.2 Å². The fraction of sp³-hybridized carbons (Fsp3) is 0.500. The average molecular weight is 227 g/mol. The van der Waals surface area contributed by atoms with Gasteiger partial charge in [0.25, 0.3) is 0 Å². The van der Waals surface area contributed by atoms with Gasteiger partial charge in [0.15, 0.2) is 0 Å². The van der Waals surface area contributed by atoms with Crippen molar-refractivity contribution in [3.63, 3.8) is 0 Å². The summed E-state index contributed by atoms with van der Waals surface area (Å²) in [7, 11) is 4.18. The molecule has 0 fully saturated rings. The van der Waals surface area contributed by atoms with Crippen molar-refractivity contribution in [2.45, 2.75) is 13.3 Å². The van der Waals surface area contributed by atoms with Crippen LogP contribution in [0.15, 0.2) is 18.2 Å². The molecule has 0 aliphatic carbocycles. The standard InChI is InChI=1S/C12H19ClN2/c1-10-9-11(13)5-6-12(10)14-7-4-8-15(2)3/h5-6,9,14H,4,7-8H2,1-3H3. The molecule has 0 aliphatic heterocycles. The van der Waals surface area contributed by atoms with Crippen LogP contribution in [0.2, 0.25) is 5.02 Å². The van der Waals surface area contributed by atoms with Crippen LogP contribution in [0.1, 0.15) is 12.0 Å². The van der Waals surface area contributed by atoms with E-state index in [0.717, 1.165) is 24.5 Å². The molecule has 1 aromatic carbocycles. The summed E-state index contributed by atoms with van der Waals surface area (Å²) in [4.78, 5) is 2.19. The zero-order valence-electron chi connectivity index (χ0n) is 9.68. The Kier molecular flexibility index (Phi) is 4.92. The zero-order valence-corrected chi connectivity index (χ0v) is 10.4. The van der Waals surface area contributed by atoms with E-state index in [1.165, 1.54) is 11.3 Å². The molecular weight excluding hydrogens is 208 g/mol. The lowest BCUT2D eigenvalue weighted by Crippen LogP contribution is -2.16. The number of hydrogen-bond donors (Lipinski definition) is 1. The third kappa shape index (κ3) is 4.54. The Labute approximate surface area is 97.2 Å². The molecule has 0 saturated carbocycles. The molecule has 0 heterocycles. The summed E-state index contributed by atoms with van der Waals surface area (Å²) >= 11 is 5.89. The fourth-order valence-corrected chi connectivity index (χ4v) is 1.67. The second-order valence-corrected chi connectivity index (χ2v) is 4.48. The summed E-state index contributed by atoms with van der Waals surface area (Å²) in [6, 6.07) is 5.94. The van der Waals surface area contributed by atoms with Gasteiger partial charge >= 0.3 is 0 Å². The van der Waals surface area contributed by atoms with E-state index in [2.05, 4.69) is 31.2 Å². The third-order valence-corrected chi connectivity index (χ3v) is 2.52. The number of nitrogens with zero attached hydrogens (tertiary/aromatic N) is 1. The monoisotopic (exact) mass is 226 g/mol. The minimum atomic E-state index is 0.798. The quantitative estimate of drug-likeness (QED) is 0.777. The number of aryl methyl sites for hydroxylation is 1. The molecule has 0 aliphatic rings. The fourth-order valence-electron chi connectivity index (χ4n) is 1.44. The molecule has 0 radical (unpaired) electrons. The normalized spacial score (nSPS) is 10.7. The number of hydrogen-bond acceptors (Lipinski definition) is 2. The van der Waals surface area contributed by atoms with E-state index in [9.17, 15) is 0 Å². The first-order chi connectivity index (χ1) is 7.09. The van der Waals surface area contributed by atoms with Gasteiger partial charge in [0.05, 0.1) is 0 Å². The highest BCUT2D eigenvalue weighted by molar-refractivity contribution is 6.30. The lowest BCUT2D eigenvalue weighted by Gasteiger charge is -2.12. The molecule has 0 spiro atoms. The zero-order chi connectivity index (χ0) is 11.3. The maximum Gasteiger partial charge on any atom is 0.0410 e. The molecule has 2 nitrogen and oxygen atoms in total. The summed E-state index contributed by atoms with van der Waals surface area (Å²) in [6.07, 6.45) is 1.15. The Morgan fingerprint density at radius 3 is 2.67 bits per heavy atom. The van der Waals surface area contributed by atoms with Gasteiger partial charge in [-0.15, -0.1) is 0 Å². The maximum absolute atomic E-state index is 5.89. The maximum atomic E-state index is 5.89. The van der Waals surface area contributed by atoms with E-state index in [0.29, 0.717) is 0 Å². The van der Waals surface area contributed by atoms with E-state index in [-0.39, 0.29) is 0 Å². The molecule has 1 rings (SSSR count). The molecule has 0 amide bonds. The highest BCUT2D eigenvalue weighted by atomic mass is 35.5. The Morgan fingerprint density at radius 2 is 2.07 bits per heavy atom. The lowest BCUT2D eigenvalue weighted by atomic mass is 10.2. The third-order valence-electron chi connectivity index (χ3n) is 2.29. The molecular formula is C12H19ClN2. The van der Waals surface area contributed by atoms with Crippen LogP contribution in [0.25, 0.3) is 0 Å². The predicted octanol–water partition coefficient (Wildman–Crippen LogP) is 3.01. The number of halogens is 1. The minimum Gasteiger partial charge on any atom is -0.385 e. The van der Waals surface area contributed by atoms with Crippen molar-refractivity contribution >= 4 is 17.3 Å². The van der Waals surface area contributed by atoms with Crippen molar-refractivity contribution in [3.8, 4) is 0 Å². The summed E-state index contributed by atoms with van der Waals surface area (Å²) < 4.78 is 0. The van der Waals surface area contributed by atoms with Gasteiger partial charge in [-0.2, -0.15) is 0 Å². The van der Waals surface area contributed by atoms with Gasteiger partial charge in [-0.05, 0) is 57.7 Å². The van der Waals surface area contributed by atoms with E-state index in [4.69, 9.17) is 11.6 Å². The molecule has 0 bridgehead atoms. The number of nitrogens with one attached hydrogen (secondary N) is 1. The van der Waals surface area contributed by atoms with Gasteiger partial charge in [0, 0.05) is 17.3 Å². The Hall–Kier alpha value is -0.730. The van der Waals surface area contributed by atoms with Gasteiger partial charge in [0.2, 0.25) is 0 Å². The van der Waals surface area contributed by atoms with Crippen LogP contribution in [0, 0.1) is 6.92 Å². The van der Waals surface area contributed by atoms with Crippen molar-refractivity contribution in [2.75, 3.05) is 32.5 Å². The molecule has 0 aromatic heterocycles. The van der Waals surface area contributed by atoms with E-state index < -0.39 is 0 Å². The number of anilines is 1. The number of benzene rings is 1. The van der Waals surface area contributed by atoms with Crippen molar-refractivity contribution in [1.29, 1.82) is 0 Å². The smallest absolute Gasteiger partial charge is 0.0410 e. The van der Waals surface area contributed by atoms with E-state index in [1.807, 2.05) is 18.2 Å². The van der Waals surface area contributed by atoms with Crippen molar-refractivity contribution in [1.82, 2.24) is 4.90 Å². The summed E-state index contributed by atoms with van der Waals surface area (Å²) in [5, 5.41) is 4.21. The molecule has 0 saturated heterocycles. The van der Waals surface area contributed by atoms with Crippen LogP contribution in [0.4, 0.5) is 5.69 Å².